The number of carbonyl (C=O) groups excluding carboxylic acids is 1. The van der Waals surface area contributed by atoms with E-state index >= 15 is 0 Å². The van der Waals surface area contributed by atoms with Crippen LogP contribution < -0.4 is 5.32 Å². The molecule has 0 unspecified atom stereocenters. The summed E-state index contributed by atoms with van der Waals surface area (Å²) in [7, 11) is 4.00. The second-order valence-electron chi connectivity index (χ2n) is 5.89. The van der Waals surface area contributed by atoms with Crippen molar-refractivity contribution in [2.45, 2.75) is 32.9 Å². The fourth-order valence-corrected chi connectivity index (χ4v) is 2.05. The molecule has 1 aromatic heterocycles. The van der Waals surface area contributed by atoms with Crippen molar-refractivity contribution < 1.29 is 4.79 Å². The molecule has 0 amide bonds. The van der Waals surface area contributed by atoms with E-state index in [2.05, 4.69) is 31.2 Å². The largest absolute Gasteiger partial charge is 0.308 e. The van der Waals surface area contributed by atoms with Crippen molar-refractivity contribution in [1.29, 1.82) is 0 Å². The van der Waals surface area contributed by atoms with Crippen LogP contribution in [-0.4, -0.2) is 53.2 Å². The Bertz CT molecular complexity index is 434. The third kappa shape index (κ3) is 5.42. The van der Waals surface area contributed by atoms with Gasteiger partial charge in [0.05, 0.1) is 23.8 Å². The maximum absolute atomic E-state index is 12.3. The van der Waals surface area contributed by atoms with E-state index in [-0.39, 0.29) is 11.3 Å². The molecule has 1 aromatic rings. The molecule has 0 aliphatic heterocycles. The second kappa shape index (κ2) is 6.63. The smallest absolute Gasteiger partial charge is 0.195 e. The van der Waals surface area contributed by atoms with Gasteiger partial charge in [0.2, 0.25) is 0 Å². The number of halogens is 1. The molecule has 0 bridgehead atoms. The van der Waals surface area contributed by atoms with Crippen LogP contribution in [0.3, 0.4) is 0 Å². The molecule has 1 rings (SSSR count). The van der Waals surface area contributed by atoms with Gasteiger partial charge < -0.3 is 10.2 Å². The first-order valence-electron chi connectivity index (χ1n) is 6.35. The maximum Gasteiger partial charge on any atom is 0.195 e. The number of aromatic nitrogens is 2. The Morgan fingerprint density at radius 1 is 1.47 bits per heavy atom. The molecule has 0 fully saturated rings. The van der Waals surface area contributed by atoms with Crippen molar-refractivity contribution in [2.24, 2.45) is 0 Å². The highest BCUT2D eigenvalue weighted by molar-refractivity contribution is 9.10. The standard InChI is InChI=1S/C13H23BrN4O/c1-13(2,3)15-9-11(19)12-10(14)8-16-18(12)7-6-17(4)5/h8,15H,6-7,9H2,1-5H3. The van der Waals surface area contributed by atoms with Gasteiger partial charge in [-0.2, -0.15) is 5.10 Å². The monoisotopic (exact) mass is 330 g/mol. The van der Waals surface area contributed by atoms with Crippen LogP contribution in [0.1, 0.15) is 31.3 Å². The van der Waals surface area contributed by atoms with Gasteiger partial charge in [0, 0.05) is 12.1 Å². The lowest BCUT2D eigenvalue weighted by atomic mass is 10.1. The van der Waals surface area contributed by atoms with Gasteiger partial charge in [-0.1, -0.05) is 0 Å². The molecular weight excluding hydrogens is 308 g/mol. The minimum absolute atomic E-state index is 0.0538. The van der Waals surface area contributed by atoms with Crippen molar-refractivity contribution in [2.75, 3.05) is 27.2 Å². The number of carbonyl (C=O) groups is 1. The summed E-state index contributed by atoms with van der Waals surface area (Å²) in [6.45, 7) is 7.99. The minimum Gasteiger partial charge on any atom is -0.308 e. The van der Waals surface area contributed by atoms with Crippen molar-refractivity contribution in [1.82, 2.24) is 20.0 Å². The van der Waals surface area contributed by atoms with E-state index in [1.54, 1.807) is 10.9 Å². The first kappa shape index (κ1) is 16.3. The quantitative estimate of drug-likeness (QED) is 0.808. The molecule has 6 heteroatoms. The number of hydrogen-bond acceptors (Lipinski definition) is 4. The number of ketones is 1. The van der Waals surface area contributed by atoms with Gasteiger partial charge in [0.1, 0.15) is 5.69 Å². The molecule has 0 saturated heterocycles. The van der Waals surface area contributed by atoms with E-state index in [9.17, 15) is 4.79 Å². The molecule has 1 heterocycles. The summed E-state index contributed by atoms with van der Waals surface area (Å²) in [4.78, 5) is 14.3. The average Bonchev–Trinajstić information content (AvgIpc) is 2.64. The fraction of sp³-hybridized carbons (Fsp3) is 0.692. The first-order valence-corrected chi connectivity index (χ1v) is 7.14. The highest BCUT2D eigenvalue weighted by atomic mass is 79.9. The molecule has 0 aliphatic carbocycles. The Kier molecular flexibility index (Phi) is 5.70. The van der Waals surface area contributed by atoms with Crippen LogP contribution in [0.4, 0.5) is 0 Å². The van der Waals surface area contributed by atoms with Gasteiger partial charge in [-0.3, -0.25) is 9.48 Å². The van der Waals surface area contributed by atoms with Gasteiger partial charge in [-0.25, -0.2) is 0 Å². The van der Waals surface area contributed by atoms with Crippen molar-refractivity contribution in [3.8, 4) is 0 Å². The Morgan fingerprint density at radius 3 is 2.63 bits per heavy atom. The average molecular weight is 331 g/mol. The Morgan fingerprint density at radius 2 is 2.11 bits per heavy atom. The lowest BCUT2D eigenvalue weighted by Gasteiger charge is -2.20. The number of rotatable bonds is 6. The summed E-state index contributed by atoms with van der Waals surface area (Å²) < 4.78 is 2.52. The van der Waals surface area contributed by atoms with Crippen molar-refractivity contribution in [3.63, 3.8) is 0 Å². The van der Waals surface area contributed by atoms with Crippen LogP contribution in [0, 0.1) is 0 Å². The van der Waals surface area contributed by atoms with Crippen molar-refractivity contribution >= 4 is 21.7 Å². The predicted molar refractivity (Wildman–Crippen MR) is 80.6 cm³/mol. The molecule has 108 valence electrons. The summed E-state index contributed by atoms with van der Waals surface area (Å²) in [5.74, 6) is 0.0538. The fourth-order valence-electron chi connectivity index (χ4n) is 1.53. The van der Waals surface area contributed by atoms with E-state index in [0.29, 0.717) is 18.8 Å². The van der Waals surface area contributed by atoms with E-state index in [1.807, 2.05) is 34.9 Å². The van der Waals surface area contributed by atoms with E-state index in [0.717, 1.165) is 11.0 Å². The number of Topliss-reactive ketones (excluding diaryl/α,β-unsaturated/α-hetero) is 1. The maximum atomic E-state index is 12.3. The number of likely N-dealkylation sites (N-methyl/N-ethyl adjacent to an activating group) is 1. The lowest BCUT2D eigenvalue weighted by molar-refractivity contribution is 0.0970. The molecule has 0 aliphatic rings. The normalized spacial score (nSPS) is 12.2. The molecule has 0 spiro atoms. The summed E-state index contributed by atoms with van der Waals surface area (Å²) in [5.41, 5.74) is 0.565. The molecule has 5 nitrogen and oxygen atoms in total. The molecule has 0 saturated carbocycles. The highest BCUT2D eigenvalue weighted by Crippen LogP contribution is 2.16. The third-order valence-electron chi connectivity index (χ3n) is 2.60. The van der Waals surface area contributed by atoms with Crippen LogP contribution >= 0.6 is 15.9 Å². The lowest BCUT2D eigenvalue weighted by Crippen LogP contribution is -2.40. The summed E-state index contributed by atoms with van der Waals surface area (Å²) >= 11 is 3.40. The Balaban J connectivity index is 2.75. The van der Waals surface area contributed by atoms with Gasteiger partial charge >= 0.3 is 0 Å². The second-order valence-corrected chi connectivity index (χ2v) is 6.75. The predicted octanol–water partition coefficient (Wildman–Crippen LogP) is 1.78. The van der Waals surface area contributed by atoms with Crippen LogP contribution in [0.25, 0.3) is 0 Å². The summed E-state index contributed by atoms with van der Waals surface area (Å²) in [6, 6.07) is 0. The SMILES string of the molecule is CN(C)CCn1ncc(Br)c1C(=O)CNC(C)(C)C. The highest BCUT2D eigenvalue weighted by Gasteiger charge is 2.19. The van der Waals surface area contributed by atoms with Gasteiger partial charge in [0.15, 0.2) is 5.78 Å². The molecule has 1 N–H and O–H groups in total. The number of nitrogens with zero attached hydrogens (tertiary/aromatic N) is 3. The zero-order chi connectivity index (χ0) is 14.6. The molecule has 19 heavy (non-hydrogen) atoms. The van der Waals surface area contributed by atoms with Gasteiger partial charge in [0.25, 0.3) is 0 Å². The molecule has 0 radical (unpaired) electrons. The summed E-state index contributed by atoms with van der Waals surface area (Å²) in [5, 5.41) is 7.46. The Hall–Kier alpha value is -0.720. The molecule has 0 atom stereocenters. The number of nitrogens with one attached hydrogen (secondary N) is 1. The van der Waals surface area contributed by atoms with Gasteiger partial charge in [-0.05, 0) is 50.8 Å². The van der Waals surface area contributed by atoms with Crippen LogP contribution in [0.5, 0.6) is 0 Å². The van der Waals surface area contributed by atoms with Crippen molar-refractivity contribution in [3.05, 3.63) is 16.4 Å². The molecular formula is C13H23BrN4O. The zero-order valence-corrected chi connectivity index (χ0v) is 13.9. The van der Waals surface area contributed by atoms with Crippen LogP contribution in [-0.2, 0) is 6.54 Å². The van der Waals surface area contributed by atoms with E-state index < -0.39 is 0 Å². The van der Waals surface area contributed by atoms with E-state index in [4.69, 9.17) is 0 Å². The Labute approximate surface area is 123 Å². The van der Waals surface area contributed by atoms with Crippen LogP contribution in [0.2, 0.25) is 0 Å². The third-order valence-corrected chi connectivity index (χ3v) is 3.18. The number of hydrogen-bond donors (Lipinski definition) is 1. The van der Waals surface area contributed by atoms with E-state index in [1.165, 1.54) is 0 Å². The summed E-state index contributed by atoms with van der Waals surface area (Å²) in [6.07, 6.45) is 1.68. The minimum atomic E-state index is -0.0728. The molecule has 0 aromatic carbocycles. The topological polar surface area (TPSA) is 50.2 Å². The van der Waals surface area contributed by atoms with Gasteiger partial charge in [-0.15, -0.1) is 0 Å². The zero-order valence-electron chi connectivity index (χ0n) is 12.3. The van der Waals surface area contributed by atoms with Crippen LogP contribution in [0.15, 0.2) is 10.7 Å². The first-order chi connectivity index (χ1) is 8.70.